The van der Waals surface area contributed by atoms with Crippen LogP contribution in [0.3, 0.4) is 0 Å². The number of nitrogens with one attached hydrogen (secondary N) is 1. The zero-order chi connectivity index (χ0) is 7.45. The first kappa shape index (κ1) is 7.99. The summed E-state index contributed by atoms with van der Waals surface area (Å²) in [6, 6.07) is 0. The van der Waals surface area contributed by atoms with Gasteiger partial charge in [-0.05, 0) is 39.2 Å². The molecule has 1 N–H and O–H groups in total. The van der Waals surface area contributed by atoms with E-state index in [0.29, 0.717) is 12.0 Å². The average Bonchev–Trinajstić information content (AvgIpc) is 1.85. The van der Waals surface area contributed by atoms with Crippen LogP contribution in [0, 0.1) is 0 Å². The zero-order valence-electron chi connectivity index (χ0n) is 6.62. The topological polar surface area (TPSA) is 12.0 Å². The van der Waals surface area contributed by atoms with E-state index in [-0.39, 0.29) is 6.67 Å². The minimum Gasteiger partial charge on any atom is -0.311 e. The predicted molar refractivity (Wildman–Crippen MR) is 40.9 cm³/mol. The van der Waals surface area contributed by atoms with Gasteiger partial charge in [-0.2, -0.15) is 0 Å². The SMILES string of the molecule is CC1(NCCCF)CCC1. The standard InChI is InChI=1S/C8H16FN/c1-8(4-2-5-8)10-7-3-6-9/h10H,2-7H2,1H3. The molecule has 0 unspecified atom stereocenters. The maximum Gasteiger partial charge on any atom is 0.0906 e. The van der Waals surface area contributed by atoms with Gasteiger partial charge >= 0.3 is 0 Å². The molecular weight excluding hydrogens is 129 g/mol. The van der Waals surface area contributed by atoms with E-state index in [1.54, 1.807) is 0 Å². The lowest BCUT2D eigenvalue weighted by Gasteiger charge is -2.39. The number of hydrogen-bond donors (Lipinski definition) is 1. The molecule has 1 rings (SSSR count). The molecule has 0 radical (unpaired) electrons. The summed E-state index contributed by atoms with van der Waals surface area (Å²) in [6.07, 6.45) is 4.52. The molecule has 0 aliphatic heterocycles. The maximum absolute atomic E-state index is 11.7. The normalized spacial score (nSPS) is 22.2. The Morgan fingerprint density at radius 3 is 2.60 bits per heavy atom. The van der Waals surface area contributed by atoms with Crippen molar-refractivity contribution in [3.05, 3.63) is 0 Å². The van der Waals surface area contributed by atoms with Crippen molar-refractivity contribution in [2.24, 2.45) is 0 Å². The Morgan fingerprint density at radius 1 is 1.50 bits per heavy atom. The van der Waals surface area contributed by atoms with E-state index in [2.05, 4.69) is 12.2 Å². The maximum atomic E-state index is 11.7. The van der Waals surface area contributed by atoms with E-state index < -0.39 is 0 Å². The van der Waals surface area contributed by atoms with Crippen LogP contribution in [0.5, 0.6) is 0 Å². The van der Waals surface area contributed by atoms with Crippen molar-refractivity contribution in [2.75, 3.05) is 13.2 Å². The minimum atomic E-state index is -0.191. The molecule has 2 heteroatoms. The number of rotatable bonds is 4. The largest absolute Gasteiger partial charge is 0.311 e. The summed E-state index contributed by atoms with van der Waals surface area (Å²) in [5.41, 5.74) is 0.356. The number of halogens is 1. The van der Waals surface area contributed by atoms with E-state index in [1.807, 2.05) is 0 Å². The Kier molecular flexibility index (Phi) is 2.66. The molecule has 1 saturated carbocycles. The second-order valence-corrected chi connectivity index (χ2v) is 3.38. The first-order valence-electron chi connectivity index (χ1n) is 4.08. The predicted octanol–water partition coefficient (Wildman–Crippen LogP) is 1.88. The van der Waals surface area contributed by atoms with E-state index in [9.17, 15) is 4.39 Å². The quantitative estimate of drug-likeness (QED) is 0.595. The van der Waals surface area contributed by atoms with Crippen molar-refractivity contribution in [1.29, 1.82) is 0 Å². The summed E-state index contributed by atoms with van der Waals surface area (Å²) < 4.78 is 11.7. The van der Waals surface area contributed by atoms with E-state index in [4.69, 9.17) is 0 Å². The lowest BCUT2D eigenvalue weighted by atomic mass is 9.78. The molecule has 0 aromatic rings. The Bertz CT molecular complexity index is 99.4. The summed E-state index contributed by atoms with van der Waals surface area (Å²) in [5, 5.41) is 3.36. The highest BCUT2D eigenvalue weighted by atomic mass is 19.1. The molecule has 1 fully saturated rings. The van der Waals surface area contributed by atoms with Crippen LogP contribution in [-0.2, 0) is 0 Å². The molecule has 0 saturated heterocycles. The van der Waals surface area contributed by atoms with Gasteiger partial charge in [-0.25, -0.2) is 0 Å². The third-order valence-corrected chi connectivity index (χ3v) is 2.32. The summed E-state index contributed by atoms with van der Waals surface area (Å²) in [7, 11) is 0. The first-order valence-corrected chi connectivity index (χ1v) is 4.08. The van der Waals surface area contributed by atoms with Crippen LogP contribution >= 0.6 is 0 Å². The summed E-state index contributed by atoms with van der Waals surface area (Å²) in [5.74, 6) is 0. The van der Waals surface area contributed by atoms with Gasteiger partial charge in [-0.1, -0.05) is 0 Å². The molecule has 1 nitrogen and oxygen atoms in total. The summed E-state index contributed by atoms with van der Waals surface area (Å²) in [4.78, 5) is 0. The van der Waals surface area contributed by atoms with Gasteiger partial charge in [0.05, 0.1) is 6.67 Å². The fourth-order valence-corrected chi connectivity index (χ4v) is 1.34. The van der Waals surface area contributed by atoms with Crippen LogP contribution in [0.15, 0.2) is 0 Å². The lowest BCUT2D eigenvalue weighted by Crippen LogP contribution is -2.48. The Labute approximate surface area is 62.0 Å². The van der Waals surface area contributed by atoms with Gasteiger partial charge in [-0.3, -0.25) is 4.39 Å². The molecular formula is C8H16FN. The van der Waals surface area contributed by atoms with Gasteiger partial charge in [0.25, 0.3) is 0 Å². The zero-order valence-corrected chi connectivity index (χ0v) is 6.62. The van der Waals surface area contributed by atoms with Crippen LogP contribution in [0.25, 0.3) is 0 Å². The fraction of sp³-hybridized carbons (Fsp3) is 1.00. The smallest absolute Gasteiger partial charge is 0.0906 e. The highest BCUT2D eigenvalue weighted by molar-refractivity contribution is 4.90. The van der Waals surface area contributed by atoms with Gasteiger partial charge in [0.15, 0.2) is 0 Å². The first-order chi connectivity index (χ1) is 4.77. The van der Waals surface area contributed by atoms with Crippen molar-refractivity contribution >= 4 is 0 Å². The van der Waals surface area contributed by atoms with Crippen LogP contribution in [0.4, 0.5) is 4.39 Å². The molecule has 0 spiro atoms. The van der Waals surface area contributed by atoms with E-state index >= 15 is 0 Å². The fourth-order valence-electron chi connectivity index (χ4n) is 1.34. The number of alkyl halides is 1. The summed E-state index contributed by atoms with van der Waals surface area (Å²) >= 11 is 0. The molecule has 10 heavy (non-hydrogen) atoms. The van der Waals surface area contributed by atoms with Crippen LogP contribution in [0.1, 0.15) is 32.6 Å². The van der Waals surface area contributed by atoms with Crippen molar-refractivity contribution in [1.82, 2.24) is 5.32 Å². The van der Waals surface area contributed by atoms with Gasteiger partial charge in [0, 0.05) is 5.54 Å². The van der Waals surface area contributed by atoms with Crippen LogP contribution < -0.4 is 5.32 Å². The number of hydrogen-bond acceptors (Lipinski definition) is 1. The molecule has 0 aromatic carbocycles. The van der Waals surface area contributed by atoms with Crippen molar-refractivity contribution in [2.45, 2.75) is 38.1 Å². The van der Waals surface area contributed by atoms with Crippen LogP contribution in [-0.4, -0.2) is 18.8 Å². The molecule has 0 atom stereocenters. The molecule has 0 bridgehead atoms. The van der Waals surface area contributed by atoms with E-state index in [0.717, 1.165) is 6.54 Å². The Hall–Kier alpha value is -0.110. The average molecular weight is 145 g/mol. The highest BCUT2D eigenvalue weighted by Crippen LogP contribution is 2.30. The van der Waals surface area contributed by atoms with Gasteiger partial charge in [-0.15, -0.1) is 0 Å². The second kappa shape index (κ2) is 3.33. The van der Waals surface area contributed by atoms with E-state index in [1.165, 1.54) is 19.3 Å². The lowest BCUT2D eigenvalue weighted by molar-refractivity contribution is 0.206. The molecule has 0 heterocycles. The Balaban J connectivity index is 2.01. The third kappa shape index (κ3) is 1.94. The molecule has 60 valence electrons. The molecule has 0 aromatic heterocycles. The molecule has 1 aliphatic rings. The highest BCUT2D eigenvalue weighted by Gasteiger charge is 2.30. The van der Waals surface area contributed by atoms with Crippen LogP contribution in [0.2, 0.25) is 0 Å². The van der Waals surface area contributed by atoms with Gasteiger partial charge < -0.3 is 5.32 Å². The van der Waals surface area contributed by atoms with Gasteiger partial charge in [0.2, 0.25) is 0 Å². The minimum absolute atomic E-state index is 0.191. The molecule has 1 aliphatic carbocycles. The Morgan fingerprint density at radius 2 is 2.20 bits per heavy atom. The monoisotopic (exact) mass is 145 g/mol. The van der Waals surface area contributed by atoms with Crippen molar-refractivity contribution in [3.63, 3.8) is 0 Å². The second-order valence-electron chi connectivity index (χ2n) is 3.38. The third-order valence-electron chi connectivity index (χ3n) is 2.32. The van der Waals surface area contributed by atoms with Crippen molar-refractivity contribution in [3.8, 4) is 0 Å². The van der Waals surface area contributed by atoms with Crippen molar-refractivity contribution < 1.29 is 4.39 Å². The summed E-state index contributed by atoms with van der Waals surface area (Å²) in [6.45, 7) is 2.87. The molecule has 0 amide bonds. The van der Waals surface area contributed by atoms with Gasteiger partial charge in [0.1, 0.15) is 0 Å².